The van der Waals surface area contributed by atoms with E-state index in [0.717, 1.165) is 43.0 Å². The molecule has 0 radical (unpaired) electrons. The van der Waals surface area contributed by atoms with E-state index in [1.54, 1.807) is 24.3 Å². The van der Waals surface area contributed by atoms with Crippen LogP contribution in [0, 0.1) is 11.6 Å². The monoisotopic (exact) mass is 549 g/mol. The third kappa shape index (κ3) is 8.23. The predicted molar refractivity (Wildman–Crippen MR) is 152 cm³/mol. The summed E-state index contributed by atoms with van der Waals surface area (Å²) in [4.78, 5) is 37.7. The fourth-order valence-electron chi connectivity index (χ4n) is 4.38. The van der Waals surface area contributed by atoms with E-state index in [4.69, 9.17) is 5.11 Å². The average Bonchev–Trinajstić information content (AvgIpc) is 2.92. The number of carboxylic acids is 1. The number of halogens is 2. The van der Waals surface area contributed by atoms with Gasteiger partial charge in [0.05, 0.1) is 13.0 Å². The van der Waals surface area contributed by atoms with Gasteiger partial charge in [-0.3, -0.25) is 14.5 Å². The zero-order valence-electron chi connectivity index (χ0n) is 21.3. The Labute approximate surface area is 232 Å². The van der Waals surface area contributed by atoms with Crippen LogP contribution in [0.3, 0.4) is 0 Å². The minimum absolute atomic E-state index is 0. The molecule has 0 spiro atoms. The number of carbonyl (C=O) groups excluding carboxylic acids is 2. The molecule has 0 atom stereocenters. The first kappa shape index (κ1) is 30.0. The number of nitrogens with one attached hydrogen (secondary N) is 2. The molecule has 7 nitrogen and oxygen atoms in total. The van der Waals surface area contributed by atoms with Crippen molar-refractivity contribution in [3.63, 3.8) is 0 Å². The van der Waals surface area contributed by atoms with Gasteiger partial charge in [-0.2, -0.15) is 0 Å². The van der Waals surface area contributed by atoms with Crippen molar-refractivity contribution in [1.82, 2.24) is 5.32 Å². The van der Waals surface area contributed by atoms with Crippen LogP contribution in [0.4, 0.5) is 25.0 Å². The molecule has 1 aliphatic rings. The number of carboxylic acid groups (broad SMARTS) is 1. The lowest BCUT2D eigenvalue weighted by Crippen LogP contribution is -2.34. The first-order valence-electron chi connectivity index (χ1n) is 12.7. The Hall–Kier alpha value is -4.53. The maximum Gasteiger partial charge on any atom is 0.326 e. The SMILES string of the molecule is C.O=C(O)CCNC(=O)c1ccc(CN(C(=O)Nc2cc(F)cc(F)c2)c2ccc(C3=CCCCC3)cc2)cc1. The highest BCUT2D eigenvalue weighted by Crippen LogP contribution is 2.29. The lowest BCUT2D eigenvalue weighted by Gasteiger charge is -2.24. The number of hydrogen-bond acceptors (Lipinski definition) is 3. The fraction of sp³-hybridized carbons (Fsp3) is 0.258. The van der Waals surface area contributed by atoms with E-state index in [1.807, 2.05) is 24.3 Å². The summed E-state index contributed by atoms with van der Waals surface area (Å²) in [6, 6.07) is 16.4. The van der Waals surface area contributed by atoms with E-state index in [9.17, 15) is 23.2 Å². The Balaban J connectivity index is 0.00000441. The second-order valence-corrected chi connectivity index (χ2v) is 9.29. The Morgan fingerprint density at radius 3 is 2.17 bits per heavy atom. The topological polar surface area (TPSA) is 98.7 Å². The number of carbonyl (C=O) groups is 3. The molecule has 0 aromatic heterocycles. The van der Waals surface area contributed by atoms with Gasteiger partial charge in [-0.1, -0.05) is 37.8 Å². The van der Waals surface area contributed by atoms with E-state index in [1.165, 1.54) is 16.9 Å². The average molecular weight is 550 g/mol. The highest BCUT2D eigenvalue weighted by Gasteiger charge is 2.19. The molecule has 0 heterocycles. The van der Waals surface area contributed by atoms with Gasteiger partial charge in [0, 0.05) is 29.5 Å². The van der Waals surface area contributed by atoms with Gasteiger partial charge in [0.15, 0.2) is 0 Å². The van der Waals surface area contributed by atoms with Crippen molar-refractivity contribution in [2.45, 2.75) is 46.1 Å². The number of nitrogens with zero attached hydrogens (tertiary/aromatic N) is 1. The van der Waals surface area contributed by atoms with Crippen LogP contribution < -0.4 is 15.5 Å². The number of aliphatic carboxylic acids is 1. The molecule has 40 heavy (non-hydrogen) atoms. The molecule has 0 aliphatic heterocycles. The van der Waals surface area contributed by atoms with Crippen molar-refractivity contribution in [2.75, 3.05) is 16.8 Å². The molecule has 0 unspecified atom stereocenters. The molecule has 3 aromatic carbocycles. The molecule has 0 saturated heterocycles. The van der Waals surface area contributed by atoms with Crippen molar-refractivity contribution >= 4 is 34.9 Å². The summed E-state index contributed by atoms with van der Waals surface area (Å²) in [5.74, 6) is -3.02. The van der Waals surface area contributed by atoms with Gasteiger partial charge in [0.25, 0.3) is 5.91 Å². The first-order chi connectivity index (χ1) is 18.8. The third-order valence-electron chi connectivity index (χ3n) is 6.38. The summed E-state index contributed by atoms with van der Waals surface area (Å²) in [5, 5.41) is 13.8. The standard InChI is InChI=1S/C30H29F2N3O4.CH4/c31-24-16-25(32)18-26(17-24)34-30(39)35(27-12-10-22(11-13-27)21-4-2-1-3-5-21)19-20-6-8-23(9-7-20)29(38)33-15-14-28(36)37;/h4,6-13,16-18H,1-3,5,14-15,19H2,(H,33,38)(H,34,39)(H,36,37);1H4. The van der Waals surface area contributed by atoms with Gasteiger partial charge in [-0.15, -0.1) is 0 Å². The normalized spacial score (nSPS) is 12.5. The van der Waals surface area contributed by atoms with Gasteiger partial charge in [0.2, 0.25) is 0 Å². The van der Waals surface area contributed by atoms with Crippen LogP contribution in [-0.2, 0) is 11.3 Å². The summed E-state index contributed by atoms with van der Waals surface area (Å²) in [6.07, 6.45) is 6.42. The van der Waals surface area contributed by atoms with Crippen LogP contribution in [-0.4, -0.2) is 29.6 Å². The zero-order valence-corrected chi connectivity index (χ0v) is 21.3. The van der Waals surface area contributed by atoms with Gasteiger partial charge in [-0.05, 0) is 78.8 Å². The number of hydrogen-bond donors (Lipinski definition) is 3. The molecular weight excluding hydrogens is 516 g/mol. The minimum atomic E-state index is -1.01. The molecule has 3 aromatic rings. The van der Waals surface area contributed by atoms with Crippen molar-refractivity contribution in [1.29, 1.82) is 0 Å². The highest BCUT2D eigenvalue weighted by atomic mass is 19.1. The minimum Gasteiger partial charge on any atom is -0.481 e. The largest absolute Gasteiger partial charge is 0.481 e. The first-order valence-corrected chi connectivity index (χ1v) is 12.7. The molecule has 3 amide bonds. The molecule has 3 N–H and O–H groups in total. The smallest absolute Gasteiger partial charge is 0.326 e. The highest BCUT2D eigenvalue weighted by molar-refractivity contribution is 6.01. The number of rotatable bonds is 9. The maximum atomic E-state index is 13.7. The summed E-state index contributed by atoms with van der Waals surface area (Å²) < 4.78 is 27.4. The van der Waals surface area contributed by atoms with Crippen molar-refractivity contribution in [3.05, 3.63) is 101 Å². The molecule has 1 aliphatic carbocycles. The Bertz CT molecular complexity index is 1350. The number of urea groups is 1. The zero-order chi connectivity index (χ0) is 27.8. The molecule has 9 heteroatoms. The van der Waals surface area contributed by atoms with Crippen LogP contribution in [0.2, 0.25) is 0 Å². The molecule has 0 saturated carbocycles. The maximum absolute atomic E-state index is 13.7. The number of anilines is 2. The van der Waals surface area contributed by atoms with Crippen LogP contribution in [0.15, 0.2) is 72.8 Å². The van der Waals surface area contributed by atoms with Gasteiger partial charge in [-0.25, -0.2) is 13.6 Å². The Kier molecular flexibility index (Phi) is 10.5. The lowest BCUT2D eigenvalue weighted by atomic mass is 9.93. The molecule has 210 valence electrons. The van der Waals surface area contributed by atoms with E-state index >= 15 is 0 Å². The van der Waals surface area contributed by atoms with Crippen molar-refractivity contribution < 1.29 is 28.3 Å². The van der Waals surface area contributed by atoms with E-state index in [-0.39, 0.29) is 32.6 Å². The van der Waals surface area contributed by atoms with Crippen LogP contribution >= 0.6 is 0 Å². The fourth-order valence-corrected chi connectivity index (χ4v) is 4.38. The third-order valence-corrected chi connectivity index (χ3v) is 6.38. The Morgan fingerprint density at radius 1 is 0.900 bits per heavy atom. The number of amides is 3. The molecular formula is C31H33F2N3O4. The second kappa shape index (κ2) is 14.0. The summed E-state index contributed by atoms with van der Waals surface area (Å²) in [5.41, 5.74) is 3.98. The van der Waals surface area contributed by atoms with Crippen LogP contribution in [0.25, 0.3) is 5.57 Å². The quantitative estimate of drug-likeness (QED) is 0.268. The Morgan fingerprint density at radius 2 is 1.57 bits per heavy atom. The van der Waals surface area contributed by atoms with Gasteiger partial charge in [0.1, 0.15) is 11.6 Å². The van der Waals surface area contributed by atoms with Crippen LogP contribution in [0.1, 0.15) is 61.0 Å². The van der Waals surface area contributed by atoms with E-state index in [0.29, 0.717) is 16.8 Å². The van der Waals surface area contributed by atoms with Crippen molar-refractivity contribution in [2.24, 2.45) is 0 Å². The molecule has 4 rings (SSSR count). The van der Waals surface area contributed by atoms with Crippen LogP contribution in [0.5, 0.6) is 0 Å². The van der Waals surface area contributed by atoms with E-state index in [2.05, 4.69) is 16.7 Å². The lowest BCUT2D eigenvalue weighted by molar-refractivity contribution is -0.136. The number of benzene rings is 3. The second-order valence-electron chi connectivity index (χ2n) is 9.29. The predicted octanol–water partition coefficient (Wildman–Crippen LogP) is 7.00. The number of allylic oxidation sites excluding steroid dienone is 2. The summed E-state index contributed by atoms with van der Waals surface area (Å²) >= 11 is 0. The summed E-state index contributed by atoms with van der Waals surface area (Å²) in [7, 11) is 0. The van der Waals surface area contributed by atoms with Crippen molar-refractivity contribution in [3.8, 4) is 0 Å². The van der Waals surface area contributed by atoms with Gasteiger partial charge >= 0.3 is 12.0 Å². The molecule has 0 bridgehead atoms. The van der Waals surface area contributed by atoms with Gasteiger partial charge < -0.3 is 15.7 Å². The van der Waals surface area contributed by atoms with E-state index < -0.39 is 29.5 Å². The summed E-state index contributed by atoms with van der Waals surface area (Å²) in [6.45, 7) is 0.129. The molecule has 0 fully saturated rings.